The summed E-state index contributed by atoms with van der Waals surface area (Å²) in [5.41, 5.74) is 5.66. The molecule has 0 spiro atoms. The number of carbonyl (C=O) groups excluding carboxylic acids is 9. The molecule has 0 saturated heterocycles. The Morgan fingerprint density at radius 1 is 0.521 bits per heavy atom. The molecule has 0 aliphatic carbocycles. The van der Waals surface area contributed by atoms with E-state index in [4.69, 9.17) is 20.7 Å². The number of carbonyl (C=O) groups is 12. The zero-order valence-corrected chi connectivity index (χ0v) is 42.9. The summed E-state index contributed by atoms with van der Waals surface area (Å²) in [6.45, 7) is 16.2. The number of nitrogens with two attached hydrogens (primary N) is 1. The van der Waals surface area contributed by atoms with Crippen LogP contribution in [0.3, 0.4) is 0 Å². The third-order valence-electron chi connectivity index (χ3n) is 10.9. The predicted octanol–water partition coefficient (Wildman–Crippen LogP) is -2.26. The van der Waals surface area contributed by atoms with Gasteiger partial charge in [-0.1, -0.05) is 68.2 Å². The Morgan fingerprint density at radius 3 is 1.33 bits per heavy atom. The minimum atomic E-state index is -5.08. The second-order valence-electron chi connectivity index (χ2n) is 18.1. The normalized spacial score (nSPS) is 15.7. The second-order valence-corrected chi connectivity index (χ2v) is 18.1. The van der Waals surface area contributed by atoms with Crippen LogP contribution in [0.25, 0.3) is 0 Å². The molecule has 0 heterocycles. The number of halogens is 3. The van der Waals surface area contributed by atoms with Crippen molar-refractivity contribution in [3.63, 3.8) is 0 Å². The van der Waals surface area contributed by atoms with Crippen molar-refractivity contribution in [1.82, 2.24) is 47.9 Å². The number of carboxylic acids is 3. The Balaban J connectivity index is 0. The number of aliphatic carboxylic acids is 3. The average Bonchev–Trinajstić information content (AvgIpc) is 3.29. The third-order valence-corrected chi connectivity index (χ3v) is 10.9. The molecule has 0 fully saturated rings. The molecular formula is C44H75F3N10O16. The highest BCUT2D eigenvalue weighted by Crippen LogP contribution is 2.14. The molecule has 9 amide bonds. The maximum Gasteiger partial charge on any atom is 0.490 e. The van der Waals surface area contributed by atoms with Gasteiger partial charge < -0.3 is 74.0 Å². The summed E-state index contributed by atoms with van der Waals surface area (Å²) in [5.74, 6) is -14.0. The van der Waals surface area contributed by atoms with Crippen LogP contribution in [-0.2, 0) is 57.5 Å². The molecule has 0 saturated carbocycles. The van der Waals surface area contributed by atoms with Gasteiger partial charge in [-0.05, 0) is 57.3 Å². The highest BCUT2D eigenvalue weighted by Gasteiger charge is 2.39. The molecule has 0 aliphatic heterocycles. The molecule has 0 aromatic rings. The van der Waals surface area contributed by atoms with Crippen LogP contribution in [0, 0.1) is 23.7 Å². The summed E-state index contributed by atoms with van der Waals surface area (Å²) in [6, 6.07) is -10.0. The molecule has 0 aromatic carbocycles. The number of nitrogens with one attached hydrogen (secondary N) is 9. The summed E-state index contributed by atoms with van der Waals surface area (Å²) in [7, 11) is 0. The number of aliphatic hydroxyl groups excluding tert-OH is 1. The maximum atomic E-state index is 13.7. The minimum absolute atomic E-state index is 0.0741. The quantitative estimate of drug-likeness (QED) is 0.0361. The molecule has 0 rings (SSSR count). The van der Waals surface area contributed by atoms with E-state index in [0.29, 0.717) is 12.8 Å². The van der Waals surface area contributed by atoms with E-state index in [-0.39, 0.29) is 25.2 Å². The summed E-state index contributed by atoms with van der Waals surface area (Å²) < 4.78 is 31.7. The summed E-state index contributed by atoms with van der Waals surface area (Å²) in [4.78, 5) is 149. The van der Waals surface area contributed by atoms with Crippen molar-refractivity contribution in [3.8, 4) is 0 Å². The number of hydrogen-bond acceptors (Lipinski definition) is 14. The molecule has 0 radical (unpaired) electrons. The molecule has 11 atom stereocenters. The van der Waals surface area contributed by atoms with Gasteiger partial charge in [0.1, 0.15) is 42.3 Å². The predicted molar refractivity (Wildman–Crippen MR) is 252 cm³/mol. The van der Waals surface area contributed by atoms with Crippen molar-refractivity contribution in [2.24, 2.45) is 29.4 Å². The van der Waals surface area contributed by atoms with Crippen molar-refractivity contribution < 1.29 is 91.1 Å². The van der Waals surface area contributed by atoms with Gasteiger partial charge in [0.25, 0.3) is 0 Å². The molecule has 0 aromatic heterocycles. The average molecular weight is 1060 g/mol. The third kappa shape index (κ3) is 27.1. The van der Waals surface area contributed by atoms with Crippen molar-refractivity contribution in [1.29, 1.82) is 0 Å². The van der Waals surface area contributed by atoms with E-state index < -0.39 is 163 Å². The summed E-state index contributed by atoms with van der Waals surface area (Å²) >= 11 is 0. The highest BCUT2D eigenvalue weighted by atomic mass is 19.4. The van der Waals surface area contributed by atoms with Crippen molar-refractivity contribution in [2.45, 2.75) is 169 Å². The molecule has 0 aliphatic rings. The monoisotopic (exact) mass is 1060 g/mol. The highest BCUT2D eigenvalue weighted by molar-refractivity contribution is 5.97. The Bertz CT molecular complexity index is 1920. The first-order valence-electron chi connectivity index (χ1n) is 23.4. The van der Waals surface area contributed by atoms with Gasteiger partial charge >= 0.3 is 24.1 Å². The van der Waals surface area contributed by atoms with Crippen LogP contribution >= 0.6 is 0 Å². The van der Waals surface area contributed by atoms with Gasteiger partial charge in [-0.2, -0.15) is 13.2 Å². The largest absolute Gasteiger partial charge is 0.490 e. The maximum absolute atomic E-state index is 13.7. The van der Waals surface area contributed by atoms with E-state index in [0.717, 1.165) is 0 Å². The second kappa shape index (κ2) is 33.2. The van der Waals surface area contributed by atoms with Crippen LogP contribution in [0.1, 0.15) is 108 Å². The van der Waals surface area contributed by atoms with E-state index >= 15 is 0 Å². The van der Waals surface area contributed by atoms with Crippen LogP contribution in [0.4, 0.5) is 13.2 Å². The van der Waals surface area contributed by atoms with Gasteiger partial charge in [0.2, 0.25) is 53.2 Å². The van der Waals surface area contributed by atoms with Crippen LogP contribution in [0.5, 0.6) is 0 Å². The van der Waals surface area contributed by atoms with E-state index in [9.17, 15) is 76.1 Å². The van der Waals surface area contributed by atoms with Crippen LogP contribution in [0.2, 0.25) is 0 Å². The molecule has 15 N–H and O–H groups in total. The first-order valence-corrected chi connectivity index (χ1v) is 23.4. The topological polar surface area (TPSA) is 420 Å². The first-order chi connectivity index (χ1) is 33.5. The minimum Gasteiger partial charge on any atom is -0.481 e. The molecule has 29 heteroatoms. The van der Waals surface area contributed by atoms with Gasteiger partial charge in [-0.25, -0.2) is 9.59 Å². The lowest BCUT2D eigenvalue weighted by molar-refractivity contribution is -0.192. The van der Waals surface area contributed by atoms with E-state index in [1.54, 1.807) is 55.4 Å². The van der Waals surface area contributed by atoms with Gasteiger partial charge in [0.15, 0.2) is 0 Å². The van der Waals surface area contributed by atoms with Gasteiger partial charge in [-0.3, -0.25) is 47.9 Å². The fourth-order valence-electron chi connectivity index (χ4n) is 6.03. The van der Waals surface area contributed by atoms with Gasteiger partial charge in [0, 0.05) is 6.42 Å². The molecular weight excluding hydrogens is 982 g/mol. The van der Waals surface area contributed by atoms with Crippen LogP contribution in [0.15, 0.2) is 0 Å². The molecule has 73 heavy (non-hydrogen) atoms. The standard InChI is InChI=1S/C42H74N10O14.C2HF3O2/c1-12-21(7)32(49-28(54)17-44-35(58)23(9)46-36(59)24(10)47-37(60)26(43)14-15-30(56)57)39(62)45-18-29(55)50-33(22(8)13-2)40(63)48-27(16-19(3)4)38(61)52-34(25(11)53)41(64)51-31(20(5)6)42(65)66;3-2(4,5)1(6)7/h19-27,31-34,53H,12-18,43H2,1-11H3,(H,44,58)(H,45,62)(H,46,59)(H,47,60)(H,48,63)(H,49,54)(H,50,55)(H,51,64)(H,52,61)(H,56,57)(H,65,66);(H,6,7). The zero-order valence-electron chi connectivity index (χ0n) is 42.9. The van der Waals surface area contributed by atoms with Gasteiger partial charge in [0.05, 0.1) is 25.2 Å². The Kier molecular flexibility index (Phi) is 31.1. The number of alkyl halides is 3. The Labute approximate surface area is 420 Å². The van der Waals surface area contributed by atoms with Crippen molar-refractivity contribution in [3.05, 3.63) is 0 Å². The van der Waals surface area contributed by atoms with E-state index in [1.165, 1.54) is 20.8 Å². The lowest BCUT2D eigenvalue weighted by Gasteiger charge is -2.29. The molecule has 418 valence electrons. The molecule has 0 bridgehead atoms. The molecule has 11 unspecified atom stereocenters. The molecule has 26 nitrogen and oxygen atoms in total. The number of rotatable bonds is 30. The lowest BCUT2D eigenvalue weighted by Crippen LogP contribution is -2.61. The SMILES string of the molecule is CCC(C)C(NC(=O)CNC(=O)C(C)NC(=O)C(C)NC(=O)C(N)CCC(=O)O)C(=O)NCC(=O)NC(C(=O)NC(CC(C)C)C(=O)NC(C(=O)NC(C(=O)O)C(C)C)C(C)O)C(C)CC.O=C(O)C(F)(F)F. The number of amides is 9. The zero-order chi connectivity index (χ0) is 57.2. The smallest absolute Gasteiger partial charge is 0.481 e. The van der Waals surface area contributed by atoms with Crippen molar-refractivity contribution in [2.75, 3.05) is 13.1 Å². The Morgan fingerprint density at radius 2 is 0.932 bits per heavy atom. The first kappa shape index (κ1) is 68.4. The fraction of sp³-hybridized carbons (Fsp3) is 0.727. The fourth-order valence-corrected chi connectivity index (χ4v) is 6.03. The summed E-state index contributed by atoms with van der Waals surface area (Å²) in [5, 5.41) is 57.7. The number of hydrogen-bond donors (Lipinski definition) is 14. The van der Waals surface area contributed by atoms with Gasteiger partial charge in [-0.15, -0.1) is 0 Å². The number of aliphatic hydroxyl groups is 1. The van der Waals surface area contributed by atoms with Crippen LogP contribution < -0.4 is 53.6 Å². The Hall–Kier alpha value is -6.65. The van der Waals surface area contributed by atoms with E-state index in [1.807, 2.05) is 0 Å². The van der Waals surface area contributed by atoms with E-state index in [2.05, 4.69) is 47.9 Å². The van der Waals surface area contributed by atoms with Crippen LogP contribution in [-0.4, -0.2) is 165 Å². The summed E-state index contributed by atoms with van der Waals surface area (Å²) in [6.07, 6.45) is -6.18. The van der Waals surface area contributed by atoms with Crippen molar-refractivity contribution >= 4 is 71.1 Å². The number of carboxylic acid groups (broad SMARTS) is 3. The lowest BCUT2D eigenvalue weighted by atomic mass is 9.96.